The summed E-state index contributed by atoms with van der Waals surface area (Å²) in [5, 5.41) is 2.87. The number of Topliss-reactive ketones (excluding diaryl/α,β-unsaturated/α-hetero) is 1. The van der Waals surface area contributed by atoms with E-state index in [9.17, 15) is 18.0 Å². The van der Waals surface area contributed by atoms with Gasteiger partial charge < -0.3 is 10.1 Å². The Morgan fingerprint density at radius 3 is 2.62 bits per heavy atom. The lowest BCUT2D eigenvalue weighted by Crippen LogP contribution is -2.08. The van der Waals surface area contributed by atoms with Crippen molar-refractivity contribution in [3.05, 3.63) is 52.9 Å². The molecule has 1 aromatic rings. The summed E-state index contributed by atoms with van der Waals surface area (Å²) in [5.41, 5.74) is 0.724. The van der Waals surface area contributed by atoms with E-state index in [0.717, 1.165) is 12.1 Å². The molecule has 1 aliphatic rings. The molecule has 0 saturated heterocycles. The van der Waals surface area contributed by atoms with E-state index in [4.69, 9.17) is 4.74 Å². The summed E-state index contributed by atoms with van der Waals surface area (Å²) in [5.74, 6) is -0.319. The molecule has 6 heteroatoms. The van der Waals surface area contributed by atoms with E-state index in [1.54, 1.807) is 7.05 Å². The third kappa shape index (κ3) is 2.94. The van der Waals surface area contributed by atoms with Crippen LogP contribution in [-0.4, -0.2) is 19.9 Å². The highest BCUT2D eigenvalue weighted by molar-refractivity contribution is 6.32. The summed E-state index contributed by atoms with van der Waals surface area (Å²) < 4.78 is 43.2. The SMILES string of the molecule is CNC1=C(c2cccc(C(F)(F)F)c2)C(=O)/C(=C/OC)C1. The number of carbonyl (C=O) groups is 1. The van der Waals surface area contributed by atoms with Crippen LogP contribution in [0.4, 0.5) is 13.2 Å². The fourth-order valence-electron chi connectivity index (χ4n) is 2.26. The number of hydrogen-bond donors (Lipinski definition) is 1. The first-order chi connectivity index (χ1) is 9.88. The van der Waals surface area contributed by atoms with Gasteiger partial charge in [-0.05, 0) is 17.7 Å². The summed E-state index contributed by atoms with van der Waals surface area (Å²) in [6, 6.07) is 4.76. The highest BCUT2D eigenvalue weighted by Crippen LogP contribution is 2.36. The minimum absolute atomic E-state index is 0.249. The Labute approximate surface area is 120 Å². The highest BCUT2D eigenvalue weighted by Gasteiger charge is 2.33. The van der Waals surface area contributed by atoms with Crippen molar-refractivity contribution >= 4 is 11.4 Å². The molecule has 0 radical (unpaired) electrons. The zero-order valence-electron chi connectivity index (χ0n) is 11.5. The monoisotopic (exact) mass is 297 g/mol. The fraction of sp³-hybridized carbons (Fsp3) is 0.267. The average molecular weight is 297 g/mol. The van der Waals surface area contributed by atoms with Gasteiger partial charge in [0.1, 0.15) is 0 Å². The van der Waals surface area contributed by atoms with E-state index in [1.165, 1.54) is 25.5 Å². The van der Waals surface area contributed by atoms with Gasteiger partial charge in [-0.15, -0.1) is 0 Å². The molecule has 0 atom stereocenters. The van der Waals surface area contributed by atoms with Gasteiger partial charge in [-0.25, -0.2) is 0 Å². The summed E-state index contributed by atoms with van der Waals surface area (Å²) in [6.45, 7) is 0. The molecule has 3 nitrogen and oxygen atoms in total. The van der Waals surface area contributed by atoms with Crippen molar-refractivity contribution in [3.8, 4) is 0 Å². The third-order valence-corrected chi connectivity index (χ3v) is 3.23. The molecule has 0 aromatic heterocycles. The molecule has 1 aromatic carbocycles. The molecule has 0 bridgehead atoms. The van der Waals surface area contributed by atoms with Gasteiger partial charge in [0.25, 0.3) is 0 Å². The molecule has 2 rings (SSSR count). The van der Waals surface area contributed by atoms with Crippen LogP contribution >= 0.6 is 0 Å². The number of hydrogen-bond acceptors (Lipinski definition) is 3. The number of ether oxygens (including phenoxy) is 1. The number of methoxy groups -OCH3 is 1. The smallest absolute Gasteiger partial charge is 0.416 e. The lowest BCUT2D eigenvalue weighted by atomic mass is 10.00. The first-order valence-corrected chi connectivity index (χ1v) is 6.23. The van der Waals surface area contributed by atoms with E-state index in [0.29, 0.717) is 17.7 Å². The summed E-state index contributed by atoms with van der Waals surface area (Å²) >= 11 is 0. The molecule has 0 amide bonds. The normalized spacial score (nSPS) is 17.6. The summed E-state index contributed by atoms with van der Waals surface area (Å²) in [4.78, 5) is 12.3. The van der Waals surface area contributed by atoms with Crippen LogP contribution in [0.25, 0.3) is 5.57 Å². The number of halogens is 3. The van der Waals surface area contributed by atoms with Crippen molar-refractivity contribution in [1.29, 1.82) is 0 Å². The molecule has 112 valence electrons. The fourth-order valence-corrected chi connectivity index (χ4v) is 2.26. The van der Waals surface area contributed by atoms with Gasteiger partial charge in [-0.2, -0.15) is 13.2 Å². The molecule has 0 spiro atoms. The average Bonchev–Trinajstić information content (AvgIpc) is 2.75. The molecule has 21 heavy (non-hydrogen) atoms. The first kappa shape index (κ1) is 15.2. The molecule has 0 fully saturated rings. The topological polar surface area (TPSA) is 38.3 Å². The van der Waals surface area contributed by atoms with Gasteiger partial charge in [-0.1, -0.05) is 12.1 Å². The quantitative estimate of drug-likeness (QED) is 0.688. The van der Waals surface area contributed by atoms with E-state index >= 15 is 0 Å². The van der Waals surface area contributed by atoms with Crippen LogP contribution in [0, 0.1) is 0 Å². The molecule has 0 heterocycles. The maximum Gasteiger partial charge on any atom is 0.416 e. The van der Waals surface area contributed by atoms with Crippen molar-refractivity contribution in [2.24, 2.45) is 0 Å². The van der Waals surface area contributed by atoms with Crippen LogP contribution in [0.5, 0.6) is 0 Å². The number of carbonyl (C=O) groups excluding carboxylic acids is 1. The zero-order chi connectivity index (χ0) is 15.6. The minimum atomic E-state index is -4.44. The van der Waals surface area contributed by atoms with Gasteiger partial charge in [0.05, 0.1) is 18.9 Å². The van der Waals surface area contributed by atoms with Crippen LogP contribution in [0.1, 0.15) is 17.5 Å². The molecule has 1 N–H and O–H groups in total. The Morgan fingerprint density at radius 2 is 2.05 bits per heavy atom. The van der Waals surface area contributed by atoms with Crippen LogP contribution < -0.4 is 5.32 Å². The Bertz CT molecular complexity index is 630. The van der Waals surface area contributed by atoms with Crippen molar-refractivity contribution in [2.45, 2.75) is 12.6 Å². The number of alkyl halides is 3. The largest absolute Gasteiger partial charge is 0.504 e. The standard InChI is InChI=1S/C15H14F3NO2/c1-19-12-7-10(8-21-2)14(20)13(12)9-4-3-5-11(6-9)15(16,17)18/h3-6,8,19H,7H2,1-2H3/b10-8+. The first-order valence-electron chi connectivity index (χ1n) is 6.23. The molecular formula is C15H14F3NO2. The van der Waals surface area contributed by atoms with E-state index in [2.05, 4.69) is 5.32 Å². The lowest BCUT2D eigenvalue weighted by molar-refractivity contribution is -0.137. The zero-order valence-corrected chi connectivity index (χ0v) is 11.5. The second-order valence-electron chi connectivity index (χ2n) is 4.57. The molecule has 0 saturated carbocycles. The second-order valence-corrected chi connectivity index (χ2v) is 4.57. The van der Waals surface area contributed by atoms with Crippen molar-refractivity contribution in [1.82, 2.24) is 5.32 Å². The number of nitrogens with one attached hydrogen (secondary N) is 1. The van der Waals surface area contributed by atoms with Crippen LogP contribution in [0.3, 0.4) is 0 Å². The van der Waals surface area contributed by atoms with Crippen LogP contribution in [-0.2, 0) is 15.7 Å². The second kappa shape index (κ2) is 5.63. The Hall–Kier alpha value is -2.24. The lowest BCUT2D eigenvalue weighted by Gasteiger charge is -2.10. The molecule has 0 unspecified atom stereocenters. The van der Waals surface area contributed by atoms with E-state index in [-0.39, 0.29) is 16.9 Å². The molecule has 1 aliphatic carbocycles. The number of rotatable bonds is 3. The highest BCUT2D eigenvalue weighted by atomic mass is 19.4. The number of ketones is 1. The van der Waals surface area contributed by atoms with Crippen LogP contribution in [0.15, 0.2) is 41.8 Å². The molecule has 0 aliphatic heterocycles. The Morgan fingerprint density at radius 1 is 1.33 bits per heavy atom. The van der Waals surface area contributed by atoms with E-state index in [1.807, 2.05) is 0 Å². The summed E-state index contributed by atoms with van der Waals surface area (Å²) in [7, 11) is 3.05. The van der Waals surface area contributed by atoms with Gasteiger partial charge in [0, 0.05) is 30.3 Å². The molecular weight excluding hydrogens is 283 g/mol. The summed E-state index contributed by atoms with van der Waals surface area (Å²) in [6.07, 6.45) is -2.81. The van der Waals surface area contributed by atoms with Gasteiger partial charge in [0.2, 0.25) is 0 Å². The number of benzene rings is 1. The minimum Gasteiger partial charge on any atom is -0.504 e. The third-order valence-electron chi connectivity index (χ3n) is 3.23. The number of allylic oxidation sites excluding steroid dienone is 2. The Kier molecular flexibility index (Phi) is 4.06. The maximum atomic E-state index is 12.8. The van der Waals surface area contributed by atoms with Gasteiger partial charge in [0.15, 0.2) is 5.78 Å². The Balaban J connectivity index is 2.50. The van der Waals surface area contributed by atoms with Crippen LogP contribution in [0.2, 0.25) is 0 Å². The van der Waals surface area contributed by atoms with Crippen molar-refractivity contribution in [3.63, 3.8) is 0 Å². The van der Waals surface area contributed by atoms with Gasteiger partial charge >= 0.3 is 6.18 Å². The predicted octanol–water partition coefficient (Wildman–Crippen LogP) is 3.14. The maximum absolute atomic E-state index is 12.8. The van der Waals surface area contributed by atoms with E-state index < -0.39 is 11.7 Å². The van der Waals surface area contributed by atoms with Crippen molar-refractivity contribution in [2.75, 3.05) is 14.2 Å². The van der Waals surface area contributed by atoms with Gasteiger partial charge in [-0.3, -0.25) is 4.79 Å². The van der Waals surface area contributed by atoms with Crippen molar-refractivity contribution < 1.29 is 22.7 Å². The predicted molar refractivity (Wildman–Crippen MR) is 72.1 cm³/mol.